The van der Waals surface area contributed by atoms with Gasteiger partial charge in [0.1, 0.15) is 18.0 Å². The number of imide groups is 1. The maximum Gasteiger partial charge on any atom is 0.329 e. The summed E-state index contributed by atoms with van der Waals surface area (Å²) < 4.78 is 6.48. The van der Waals surface area contributed by atoms with Crippen molar-refractivity contribution in [3.63, 3.8) is 0 Å². The van der Waals surface area contributed by atoms with Gasteiger partial charge in [0, 0.05) is 17.1 Å². The molecule has 2 N–H and O–H groups in total. The van der Waals surface area contributed by atoms with Gasteiger partial charge in [-0.15, -0.1) is 0 Å². The Morgan fingerprint density at radius 2 is 1.89 bits per heavy atom. The van der Waals surface area contributed by atoms with Crippen LogP contribution in [0, 0.1) is 13.8 Å². The molecule has 0 unspecified atom stereocenters. The highest BCUT2D eigenvalue weighted by atomic mass is 16.5. The minimum atomic E-state index is -0.676. The lowest BCUT2D eigenvalue weighted by Gasteiger charge is -2.10. The van der Waals surface area contributed by atoms with Gasteiger partial charge in [-0.2, -0.15) is 0 Å². The van der Waals surface area contributed by atoms with E-state index in [-0.39, 0.29) is 11.4 Å². The lowest BCUT2D eigenvalue weighted by atomic mass is 10.2. The molecule has 27 heavy (non-hydrogen) atoms. The predicted molar refractivity (Wildman–Crippen MR) is 97.1 cm³/mol. The van der Waals surface area contributed by atoms with Gasteiger partial charge >= 0.3 is 12.0 Å². The first-order valence-corrected chi connectivity index (χ1v) is 8.21. The van der Waals surface area contributed by atoms with Gasteiger partial charge in [-0.05, 0) is 55.8 Å². The molecule has 0 bridgehead atoms. The number of hydrogen-bond donors (Lipinski definition) is 2. The molecule has 2 aromatic rings. The average Bonchev–Trinajstić information content (AvgIpc) is 3.06. The number of methoxy groups -OCH3 is 1. The van der Waals surface area contributed by atoms with Crippen molar-refractivity contribution in [2.24, 2.45) is 0 Å². The third kappa shape index (κ3) is 3.41. The van der Waals surface area contributed by atoms with Gasteiger partial charge in [0.25, 0.3) is 5.91 Å². The second kappa shape index (κ2) is 6.99. The first kappa shape index (κ1) is 18.2. The number of aryl methyl sites for hydroxylation is 1. The van der Waals surface area contributed by atoms with Crippen molar-refractivity contribution in [3.05, 3.63) is 53.0 Å². The lowest BCUT2D eigenvalue weighted by molar-refractivity contribution is -0.143. The van der Waals surface area contributed by atoms with Gasteiger partial charge in [-0.3, -0.25) is 9.59 Å². The quantitative estimate of drug-likeness (QED) is 0.487. The standard InChI is InChI=1S/C19H19N3O5/c1-11-8-13(12(2)22(11)14-4-6-15(23)7-5-14)9-16-18(25)21(19(26)20-16)10-17(24)27-3/h4-9,23H,10H2,1-3H3,(H,20,26)/b16-9+. The number of amides is 3. The summed E-state index contributed by atoms with van der Waals surface area (Å²) >= 11 is 0. The molecule has 3 rings (SSSR count). The van der Waals surface area contributed by atoms with Crippen molar-refractivity contribution >= 4 is 24.0 Å². The van der Waals surface area contributed by atoms with E-state index in [4.69, 9.17) is 0 Å². The van der Waals surface area contributed by atoms with Gasteiger partial charge in [0.05, 0.1) is 7.11 Å². The van der Waals surface area contributed by atoms with Crippen LogP contribution in [0.15, 0.2) is 36.0 Å². The summed E-state index contributed by atoms with van der Waals surface area (Å²) in [5.74, 6) is -1.08. The monoisotopic (exact) mass is 369 g/mol. The van der Waals surface area contributed by atoms with Crippen molar-refractivity contribution in [2.45, 2.75) is 13.8 Å². The van der Waals surface area contributed by atoms with Crippen LogP contribution in [0.5, 0.6) is 5.75 Å². The van der Waals surface area contributed by atoms with E-state index in [1.54, 1.807) is 30.3 Å². The van der Waals surface area contributed by atoms with E-state index in [1.807, 2.05) is 24.5 Å². The largest absolute Gasteiger partial charge is 0.508 e. The van der Waals surface area contributed by atoms with E-state index >= 15 is 0 Å². The minimum absolute atomic E-state index is 0.0925. The summed E-state index contributed by atoms with van der Waals surface area (Å²) in [5, 5.41) is 11.9. The molecule has 8 nitrogen and oxygen atoms in total. The molecule has 0 spiro atoms. The summed E-state index contributed by atoms with van der Waals surface area (Å²) in [6.45, 7) is 3.37. The molecule has 1 fully saturated rings. The summed E-state index contributed by atoms with van der Waals surface area (Å²) in [7, 11) is 1.19. The van der Waals surface area contributed by atoms with Crippen LogP contribution in [0.4, 0.5) is 4.79 Å². The van der Waals surface area contributed by atoms with Crippen molar-refractivity contribution in [3.8, 4) is 11.4 Å². The number of nitrogens with zero attached hydrogens (tertiary/aromatic N) is 2. The molecule has 2 heterocycles. The number of benzene rings is 1. The van der Waals surface area contributed by atoms with Crippen LogP contribution < -0.4 is 5.32 Å². The fourth-order valence-corrected chi connectivity index (χ4v) is 3.00. The summed E-state index contributed by atoms with van der Waals surface area (Å²) in [6.07, 6.45) is 1.58. The molecular formula is C19H19N3O5. The Labute approximate surface area is 155 Å². The number of carbonyl (C=O) groups excluding carboxylic acids is 3. The molecule has 3 amide bonds. The Kier molecular flexibility index (Phi) is 4.72. The highest BCUT2D eigenvalue weighted by molar-refractivity contribution is 6.15. The first-order chi connectivity index (χ1) is 12.8. The number of rotatable bonds is 4. The van der Waals surface area contributed by atoms with E-state index in [1.165, 1.54) is 7.11 Å². The normalized spacial score (nSPS) is 15.4. The second-order valence-electron chi connectivity index (χ2n) is 6.13. The summed E-state index contributed by atoms with van der Waals surface area (Å²) in [5.41, 5.74) is 3.49. The zero-order valence-electron chi connectivity index (χ0n) is 15.1. The van der Waals surface area contributed by atoms with Crippen LogP contribution in [0.25, 0.3) is 11.8 Å². The number of aromatic nitrogens is 1. The maximum atomic E-state index is 12.4. The minimum Gasteiger partial charge on any atom is -0.508 e. The molecule has 140 valence electrons. The predicted octanol–water partition coefficient (Wildman–Crippen LogP) is 1.87. The van der Waals surface area contributed by atoms with Crippen LogP contribution in [0.3, 0.4) is 0 Å². The SMILES string of the molecule is COC(=O)CN1C(=O)N/C(=C/c2cc(C)n(-c3ccc(O)cc3)c2C)C1=O. The molecule has 0 radical (unpaired) electrons. The Bertz CT molecular complexity index is 956. The number of hydrogen-bond acceptors (Lipinski definition) is 5. The maximum absolute atomic E-state index is 12.4. The van der Waals surface area contributed by atoms with E-state index in [9.17, 15) is 19.5 Å². The van der Waals surface area contributed by atoms with Crippen LogP contribution >= 0.6 is 0 Å². The number of phenolic OH excluding ortho intramolecular Hbond substituents is 1. The van der Waals surface area contributed by atoms with Crippen molar-refractivity contribution in [1.29, 1.82) is 0 Å². The van der Waals surface area contributed by atoms with Crippen molar-refractivity contribution in [1.82, 2.24) is 14.8 Å². The number of carbonyl (C=O) groups is 3. The molecule has 1 aliphatic heterocycles. The van der Waals surface area contributed by atoms with Crippen molar-refractivity contribution in [2.75, 3.05) is 13.7 Å². The Morgan fingerprint density at radius 1 is 1.22 bits per heavy atom. The molecule has 0 atom stereocenters. The number of urea groups is 1. The Balaban J connectivity index is 1.93. The first-order valence-electron chi connectivity index (χ1n) is 8.21. The molecule has 1 aromatic heterocycles. The zero-order valence-corrected chi connectivity index (χ0v) is 15.1. The van der Waals surface area contributed by atoms with Crippen LogP contribution in [0.1, 0.15) is 17.0 Å². The Morgan fingerprint density at radius 3 is 2.52 bits per heavy atom. The molecular weight excluding hydrogens is 350 g/mol. The van der Waals surface area contributed by atoms with Gasteiger partial charge in [0.2, 0.25) is 0 Å². The van der Waals surface area contributed by atoms with Crippen molar-refractivity contribution < 1.29 is 24.2 Å². The molecule has 8 heteroatoms. The van der Waals surface area contributed by atoms with Gasteiger partial charge < -0.3 is 19.7 Å². The van der Waals surface area contributed by atoms with Gasteiger partial charge in [0.15, 0.2) is 0 Å². The topological polar surface area (TPSA) is 101 Å². The molecule has 1 saturated heterocycles. The third-order valence-corrected chi connectivity index (χ3v) is 4.36. The number of nitrogens with one attached hydrogen (secondary N) is 1. The van der Waals surface area contributed by atoms with Gasteiger partial charge in [-0.1, -0.05) is 0 Å². The van der Waals surface area contributed by atoms with E-state index in [0.717, 1.165) is 27.5 Å². The molecule has 1 aliphatic rings. The summed E-state index contributed by atoms with van der Waals surface area (Å²) in [4.78, 5) is 36.6. The highest BCUT2D eigenvalue weighted by Crippen LogP contribution is 2.25. The molecule has 1 aromatic carbocycles. The zero-order chi connectivity index (χ0) is 19.7. The smallest absolute Gasteiger partial charge is 0.329 e. The van der Waals surface area contributed by atoms with Gasteiger partial charge in [-0.25, -0.2) is 9.69 Å². The van der Waals surface area contributed by atoms with E-state index < -0.39 is 24.5 Å². The lowest BCUT2D eigenvalue weighted by Crippen LogP contribution is -2.36. The molecule has 0 saturated carbocycles. The number of esters is 1. The van der Waals surface area contributed by atoms with Crippen LogP contribution in [0.2, 0.25) is 0 Å². The van der Waals surface area contributed by atoms with E-state index in [0.29, 0.717) is 0 Å². The average molecular weight is 369 g/mol. The number of ether oxygens (including phenoxy) is 1. The highest BCUT2D eigenvalue weighted by Gasteiger charge is 2.35. The third-order valence-electron chi connectivity index (χ3n) is 4.36. The number of aromatic hydroxyl groups is 1. The fraction of sp³-hybridized carbons (Fsp3) is 0.211. The fourth-order valence-electron chi connectivity index (χ4n) is 3.00. The second-order valence-corrected chi connectivity index (χ2v) is 6.13. The number of phenols is 1. The Hall–Kier alpha value is -3.55. The van der Waals surface area contributed by atoms with E-state index in [2.05, 4.69) is 10.1 Å². The summed E-state index contributed by atoms with van der Waals surface area (Å²) in [6, 6.07) is 7.98. The molecule has 0 aliphatic carbocycles. The van der Waals surface area contributed by atoms with Crippen LogP contribution in [-0.4, -0.2) is 46.1 Å². The van der Waals surface area contributed by atoms with Crippen LogP contribution in [-0.2, 0) is 14.3 Å².